The molecule has 1 aromatic carbocycles. The third kappa shape index (κ3) is 3.48. The molecular formula is C14H18ClN3OS. The molecule has 0 saturated heterocycles. The second kappa shape index (κ2) is 7.02. The maximum Gasteiger partial charge on any atom is 0.161 e. The smallest absolute Gasteiger partial charge is 0.161 e. The lowest BCUT2D eigenvalue weighted by molar-refractivity contribution is 0.401. The number of thioether (sulfide) groups is 1. The van der Waals surface area contributed by atoms with Crippen LogP contribution in [0.5, 0.6) is 5.75 Å². The zero-order valence-corrected chi connectivity index (χ0v) is 13.3. The zero-order valence-electron chi connectivity index (χ0n) is 11.8. The van der Waals surface area contributed by atoms with Gasteiger partial charge in [-0.1, -0.05) is 11.6 Å². The fraction of sp³-hybridized carbons (Fsp3) is 0.357. The molecule has 0 saturated carbocycles. The van der Waals surface area contributed by atoms with Crippen molar-refractivity contribution in [2.45, 2.75) is 10.9 Å². The molecule has 1 N–H and O–H groups in total. The van der Waals surface area contributed by atoms with Crippen LogP contribution in [-0.2, 0) is 7.05 Å². The van der Waals surface area contributed by atoms with E-state index in [1.807, 2.05) is 43.0 Å². The fourth-order valence-electron chi connectivity index (χ4n) is 1.99. The number of benzene rings is 1. The summed E-state index contributed by atoms with van der Waals surface area (Å²) in [5, 5.41) is 8.32. The number of aryl methyl sites for hydroxylation is 1. The Bertz CT molecular complexity index is 556. The third-order valence-electron chi connectivity index (χ3n) is 3.08. The van der Waals surface area contributed by atoms with Gasteiger partial charge in [0, 0.05) is 22.7 Å². The second-order valence-electron chi connectivity index (χ2n) is 4.33. The highest BCUT2D eigenvalue weighted by atomic mass is 35.5. The summed E-state index contributed by atoms with van der Waals surface area (Å²) in [5.74, 6) is 1.69. The van der Waals surface area contributed by atoms with E-state index in [-0.39, 0.29) is 6.04 Å². The molecule has 6 heteroatoms. The van der Waals surface area contributed by atoms with Gasteiger partial charge in [0.25, 0.3) is 0 Å². The molecule has 0 aliphatic heterocycles. The molecule has 1 aromatic heterocycles. The van der Waals surface area contributed by atoms with Gasteiger partial charge in [-0.05, 0) is 31.3 Å². The van der Waals surface area contributed by atoms with Gasteiger partial charge < -0.3 is 10.1 Å². The normalized spacial score (nSPS) is 12.4. The molecule has 108 valence electrons. The molecule has 2 aromatic rings. The summed E-state index contributed by atoms with van der Waals surface area (Å²) in [4.78, 5) is 1.19. The summed E-state index contributed by atoms with van der Waals surface area (Å²) in [7, 11) is 5.54. The first kappa shape index (κ1) is 15.2. The number of nitrogens with one attached hydrogen (secondary N) is 1. The number of methoxy groups -OCH3 is 1. The number of hydrogen-bond acceptors (Lipinski definition) is 4. The number of ether oxygens (including phenoxy) is 1. The zero-order chi connectivity index (χ0) is 14.5. The number of aromatic nitrogens is 2. The van der Waals surface area contributed by atoms with Crippen molar-refractivity contribution in [1.82, 2.24) is 15.1 Å². The van der Waals surface area contributed by atoms with Gasteiger partial charge >= 0.3 is 0 Å². The van der Waals surface area contributed by atoms with E-state index in [0.29, 0.717) is 0 Å². The second-order valence-corrected chi connectivity index (χ2v) is 5.86. The van der Waals surface area contributed by atoms with Crippen molar-refractivity contribution in [3.63, 3.8) is 0 Å². The molecule has 0 amide bonds. The quantitative estimate of drug-likeness (QED) is 0.832. The summed E-state index contributed by atoms with van der Waals surface area (Å²) in [6.45, 7) is 0. The van der Waals surface area contributed by atoms with Crippen LogP contribution in [0.4, 0.5) is 0 Å². The summed E-state index contributed by atoms with van der Waals surface area (Å²) in [5.41, 5.74) is 1.05. The van der Waals surface area contributed by atoms with E-state index in [1.54, 1.807) is 25.1 Å². The average molecular weight is 312 g/mol. The average Bonchev–Trinajstić information content (AvgIpc) is 2.83. The molecule has 1 unspecified atom stereocenters. The Hall–Kier alpha value is -1.17. The Balaban J connectivity index is 2.09. The molecule has 2 rings (SSSR count). The van der Waals surface area contributed by atoms with Gasteiger partial charge in [-0.2, -0.15) is 5.10 Å². The topological polar surface area (TPSA) is 39.1 Å². The van der Waals surface area contributed by atoms with Gasteiger partial charge in [0.05, 0.1) is 25.0 Å². The number of nitrogens with zero attached hydrogens (tertiary/aromatic N) is 2. The lowest BCUT2D eigenvalue weighted by Gasteiger charge is -2.17. The predicted molar refractivity (Wildman–Crippen MR) is 83.7 cm³/mol. The summed E-state index contributed by atoms with van der Waals surface area (Å²) in [6.07, 6.45) is 1.74. The molecule has 0 aliphatic rings. The molecule has 1 heterocycles. The van der Waals surface area contributed by atoms with Gasteiger partial charge in [0.1, 0.15) is 0 Å². The first-order valence-corrected chi connectivity index (χ1v) is 7.63. The predicted octanol–water partition coefficient (Wildman–Crippen LogP) is 3.13. The minimum absolute atomic E-state index is 0.165. The number of rotatable bonds is 6. The molecular weight excluding hydrogens is 294 g/mol. The summed E-state index contributed by atoms with van der Waals surface area (Å²) in [6, 6.07) is 8.03. The first-order valence-electron chi connectivity index (χ1n) is 6.27. The fourth-order valence-corrected chi connectivity index (χ4v) is 3.13. The van der Waals surface area contributed by atoms with E-state index in [9.17, 15) is 0 Å². The van der Waals surface area contributed by atoms with Crippen molar-refractivity contribution in [2.24, 2.45) is 7.05 Å². The Morgan fingerprint density at radius 3 is 2.70 bits per heavy atom. The molecule has 0 radical (unpaired) electrons. The standard InChI is InChI=1S/C14H18ClN3OS/c1-16-12(14-13(19-3)8-17-18(14)2)9-20-11-6-4-10(15)5-7-11/h4-8,12,16H,9H2,1-3H3. The Morgan fingerprint density at radius 2 is 2.10 bits per heavy atom. The highest BCUT2D eigenvalue weighted by Crippen LogP contribution is 2.29. The van der Waals surface area contributed by atoms with E-state index in [0.717, 1.165) is 22.2 Å². The van der Waals surface area contributed by atoms with Crippen molar-refractivity contribution < 1.29 is 4.74 Å². The highest BCUT2D eigenvalue weighted by Gasteiger charge is 2.19. The van der Waals surface area contributed by atoms with E-state index in [4.69, 9.17) is 16.3 Å². The minimum atomic E-state index is 0.165. The van der Waals surface area contributed by atoms with Crippen LogP contribution < -0.4 is 10.1 Å². The largest absolute Gasteiger partial charge is 0.493 e. The molecule has 0 bridgehead atoms. The van der Waals surface area contributed by atoms with Gasteiger partial charge in [0.15, 0.2) is 5.75 Å². The van der Waals surface area contributed by atoms with E-state index in [2.05, 4.69) is 10.4 Å². The van der Waals surface area contributed by atoms with Crippen LogP contribution in [0.15, 0.2) is 35.4 Å². The monoisotopic (exact) mass is 311 g/mol. The van der Waals surface area contributed by atoms with Gasteiger partial charge in [-0.3, -0.25) is 4.68 Å². The number of hydrogen-bond donors (Lipinski definition) is 1. The molecule has 0 fully saturated rings. The SMILES string of the molecule is CNC(CSc1ccc(Cl)cc1)c1c(OC)cnn1C. The Labute approximate surface area is 128 Å². The van der Waals surface area contributed by atoms with Crippen LogP contribution in [0.2, 0.25) is 5.02 Å². The minimum Gasteiger partial charge on any atom is -0.493 e. The Morgan fingerprint density at radius 1 is 1.40 bits per heavy atom. The van der Waals surface area contributed by atoms with Crippen LogP contribution >= 0.6 is 23.4 Å². The van der Waals surface area contributed by atoms with Crippen LogP contribution in [-0.4, -0.2) is 29.7 Å². The van der Waals surface area contributed by atoms with Crippen molar-refractivity contribution in [3.8, 4) is 5.75 Å². The van der Waals surface area contributed by atoms with Crippen molar-refractivity contribution in [1.29, 1.82) is 0 Å². The van der Waals surface area contributed by atoms with Crippen molar-refractivity contribution in [2.75, 3.05) is 19.9 Å². The van der Waals surface area contributed by atoms with E-state index in [1.165, 1.54) is 4.90 Å². The maximum absolute atomic E-state index is 5.89. The molecule has 1 atom stereocenters. The van der Waals surface area contributed by atoms with Crippen LogP contribution in [0.25, 0.3) is 0 Å². The Kier molecular flexibility index (Phi) is 5.34. The third-order valence-corrected chi connectivity index (χ3v) is 4.44. The van der Waals surface area contributed by atoms with Gasteiger partial charge in [-0.25, -0.2) is 0 Å². The highest BCUT2D eigenvalue weighted by molar-refractivity contribution is 7.99. The summed E-state index contributed by atoms with van der Waals surface area (Å²) >= 11 is 7.66. The molecule has 4 nitrogen and oxygen atoms in total. The lowest BCUT2D eigenvalue weighted by atomic mass is 10.2. The van der Waals surface area contributed by atoms with Crippen molar-refractivity contribution >= 4 is 23.4 Å². The molecule has 0 spiro atoms. The van der Waals surface area contributed by atoms with Crippen LogP contribution in [0.1, 0.15) is 11.7 Å². The van der Waals surface area contributed by atoms with E-state index < -0.39 is 0 Å². The lowest BCUT2D eigenvalue weighted by Crippen LogP contribution is -2.22. The molecule has 20 heavy (non-hydrogen) atoms. The van der Waals surface area contributed by atoms with Crippen molar-refractivity contribution in [3.05, 3.63) is 41.2 Å². The summed E-state index contributed by atoms with van der Waals surface area (Å²) < 4.78 is 7.22. The maximum atomic E-state index is 5.89. The van der Waals surface area contributed by atoms with Crippen LogP contribution in [0, 0.1) is 0 Å². The van der Waals surface area contributed by atoms with E-state index >= 15 is 0 Å². The van der Waals surface area contributed by atoms with Gasteiger partial charge in [-0.15, -0.1) is 11.8 Å². The first-order chi connectivity index (χ1) is 9.65. The molecule has 0 aliphatic carbocycles. The van der Waals surface area contributed by atoms with Crippen LogP contribution in [0.3, 0.4) is 0 Å². The van der Waals surface area contributed by atoms with Gasteiger partial charge in [0.2, 0.25) is 0 Å². The number of halogens is 1.